The minimum Gasteiger partial charge on any atom is -0.307 e. The van der Waals surface area contributed by atoms with E-state index in [9.17, 15) is 13.2 Å². The van der Waals surface area contributed by atoms with Crippen molar-refractivity contribution in [2.24, 2.45) is 0 Å². The summed E-state index contributed by atoms with van der Waals surface area (Å²) in [5.41, 5.74) is -0.268. The van der Waals surface area contributed by atoms with Gasteiger partial charge in [-0.1, -0.05) is 12.1 Å². The Morgan fingerprint density at radius 3 is 2.69 bits per heavy atom. The van der Waals surface area contributed by atoms with E-state index < -0.39 is 17.3 Å². The largest absolute Gasteiger partial charge is 0.307 e. The molecule has 0 aromatic heterocycles. The van der Waals surface area contributed by atoms with Crippen molar-refractivity contribution in [2.45, 2.75) is 31.2 Å². The highest BCUT2D eigenvalue weighted by Crippen LogP contribution is 2.38. The summed E-state index contributed by atoms with van der Waals surface area (Å²) in [4.78, 5) is 0. The average Bonchev–Trinajstić information content (AvgIpc) is 2.15. The molecule has 0 spiro atoms. The molecule has 1 heterocycles. The SMILES string of the molecule is CC1(c2cccc(F)c2)CC(F)(F)CCN1. The van der Waals surface area contributed by atoms with Crippen LogP contribution in [0.25, 0.3) is 0 Å². The lowest BCUT2D eigenvalue weighted by molar-refractivity contribution is -0.0611. The van der Waals surface area contributed by atoms with Crippen molar-refractivity contribution in [1.82, 2.24) is 5.32 Å². The van der Waals surface area contributed by atoms with Gasteiger partial charge in [-0.3, -0.25) is 0 Å². The van der Waals surface area contributed by atoms with E-state index in [4.69, 9.17) is 0 Å². The Bertz CT molecular complexity index is 392. The number of hydrogen-bond acceptors (Lipinski definition) is 1. The molecule has 1 fully saturated rings. The zero-order valence-electron chi connectivity index (χ0n) is 9.06. The first kappa shape index (κ1) is 11.5. The number of benzene rings is 1. The number of nitrogens with one attached hydrogen (secondary N) is 1. The van der Waals surface area contributed by atoms with Crippen LogP contribution in [0, 0.1) is 5.82 Å². The molecule has 0 aliphatic carbocycles. The summed E-state index contributed by atoms with van der Waals surface area (Å²) in [6.07, 6.45) is -0.443. The van der Waals surface area contributed by atoms with Crippen molar-refractivity contribution < 1.29 is 13.2 Å². The summed E-state index contributed by atoms with van der Waals surface area (Å²) in [5, 5.41) is 3.05. The molecule has 1 N–H and O–H groups in total. The summed E-state index contributed by atoms with van der Waals surface area (Å²) < 4.78 is 39.8. The van der Waals surface area contributed by atoms with Crippen LogP contribution in [0.2, 0.25) is 0 Å². The molecule has 1 aliphatic rings. The van der Waals surface area contributed by atoms with Gasteiger partial charge in [-0.25, -0.2) is 13.2 Å². The van der Waals surface area contributed by atoms with Crippen LogP contribution in [-0.4, -0.2) is 12.5 Å². The zero-order valence-corrected chi connectivity index (χ0v) is 9.06. The third-order valence-electron chi connectivity index (χ3n) is 3.08. The van der Waals surface area contributed by atoms with Crippen LogP contribution in [0.5, 0.6) is 0 Å². The molecule has 16 heavy (non-hydrogen) atoms. The Morgan fingerprint density at radius 2 is 2.06 bits per heavy atom. The second-order valence-corrected chi connectivity index (χ2v) is 4.55. The van der Waals surface area contributed by atoms with E-state index in [1.165, 1.54) is 12.1 Å². The number of piperidine rings is 1. The first-order chi connectivity index (χ1) is 7.41. The number of halogens is 3. The molecule has 88 valence electrons. The summed E-state index contributed by atoms with van der Waals surface area (Å²) in [5.74, 6) is -3.07. The van der Waals surface area contributed by atoms with Crippen molar-refractivity contribution in [3.63, 3.8) is 0 Å². The third kappa shape index (κ3) is 2.21. The van der Waals surface area contributed by atoms with E-state index in [0.29, 0.717) is 5.56 Å². The molecule has 0 radical (unpaired) electrons. The lowest BCUT2D eigenvalue weighted by atomic mass is 9.82. The van der Waals surface area contributed by atoms with Gasteiger partial charge >= 0.3 is 0 Å². The third-order valence-corrected chi connectivity index (χ3v) is 3.08. The minimum absolute atomic E-state index is 0.155. The second-order valence-electron chi connectivity index (χ2n) is 4.55. The maximum absolute atomic E-state index is 13.4. The molecular formula is C12H14F3N. The van der Waals surface area contributed by atoms with Crippen molar-refractivity contribution in [2.75, 3.05) is 6.54 Å². The van der Waals surface area contributed by atoms with Crippen LogP contribution in [0.1, 0.15) is 25.3 Å². The van der Waals surface area contributed by atoms with Crippen molar-refractivity contribution >= 4 is 0 Å². The predicted molar refractivity (Wildman–Crippen MR) is 55.9 cm³/mol. The molecule has 0 bridgehead atoms. The predicted octanol–water partition coefficient (Wildman–Crippen LogP) is 3.06. The van der Waals surface area contributed by atoms with Crippen molar-refractivity contribution in [1.29, 1.82) is 0 Å². The summed E-state index contributed by atoms with van der Waals surface area (Å²) in [6, 6.07) is 5.85. The normalized spacial score (nSPS) is 29.0. The van der Waals surface area contributed by atoms with Gasteiger partial charge in [0, 0.05) is 24.9 Å². The molecule has 2 rings (SSSR count). The zero-order chi connectivity index (χ0) is 11.8. The van der Waals surface area contributed by atoms with Gasteiger partial charge < -0.3 is 5.32 Å². The Hall–Kier alpha value is -1.03. The van der Waals surface area contributed by atoms with Gasteiger partial charge in [0.15, 0.2) is 0 Å². The highest BCUT2D eigenvalue weighted by atomic mass is 19.3. The topological polar surface area (TPSA) is 12.0 Å². The Kier molecular flexibility index (Phi) is 2.70. The van der Waals surface area contributed by atoms with E-state index >= 15 is 0 Å². The fourth-order valence-corrected chi connectivity index (χ4v) is 2.23. The van der Waals surface area contributed by atoms with Crippen LogP contribution in [0.15, 0.2) is 24.3 Å². The van der Waals surface area contributed by atoms with E-state index in [2.05, 4.69) is 5.32 Å². The molecule has 1 atom stereocenters. The molecule has 1 unspecified atom stereocenters. The lowest BCUT2D eigenvalue weighted by Crippen LogP contribution is -2.50. The van der Waals surface area contributed by atoms with Crippen LogP contribution in [0.4, 0.5) is 13.2 Å². The molecule has 1 aliphatic heterocycles. The maximum Gasteiger partial charge on any atom is 0.251 e. The lowest BCUT2D eigenvalue weighted by Gasteiger charge is -2.39. The van der Waals surface area contributed by atoms with Gasteiger partial charge in [-0.2, -0.15) is 0 Å². The van der Waals surface area contributed by atoms with E-state index in [1.54, 1.807) is 19.1 Å². The fourth-order valence-electron chi connectivity index (χ4n) is 2.23. The molecule has 0 saturated carbocycles. The standard InChI is InChI=1S/C12H14F3N/c1-11(8-12(14,15)5-6-16-11)9-3-2-4-10(13)7-9/h2-4,7,16H,5-6,8H2,1H3. The first-order valence-corrected chi connectivity index (χ1v) is 5.30. The summed E-state index contributed by atoms with van der Waals surface area (Å²) >= 11 is 0. The second kappa shape index (κ2) is 3.77. The van der Waals surface area contributed by atoms with Gasteiger partial charge in [0.1, 0.15) is 5.82 Å². The monoisotopic (exact) mass is 229 g/mol. The van der Waals surface area contributed by atoms with Crippen LogP contribution >= 0.6 is 0 Å². The van der Waals surface area contributed by atoms with Gasteiger partial charge in [0.25, 0.3) is 5.92 Å². The number of rotatable bonds is 1. The van der Waals surface area contributed by atoms with Gasteiger partial charge in [0.05, 0.1) is 0 Å². The molecule has 1 saturated heterocycles. The van der Waals surface area contributed by atoms with E-state index in [-0.39, 0.29) is 19.4 Å². The quantitative estimate of drug-likeness (QED) is 0.780. The Labute approximate surface area is 92.7 Å². The van der Waals surface area contributed by atoms with Crippen LogP contribution in [-0.2, 0) is 5.54 Å². The molecule has 0 amide bonds. The van der Waals surface area contributed by atoms with Crippen molar-refractivity contribution in [3.05, 3.63) is 35.6 Å². The average molecular weight is 229 g/mol. The van der Waals surface area contributed by atoms with Crippen LogP contribution in [0.3, 0.4) is 0 Å². The molecular weight excluding hydrogens is 215 g/mol. The summed E-state index contributed by atoms with van der Waals surface area (Å²) in [6.45, 7) is 1.94. The minimum atomic E-state index is -2.67. The smallest absolute Gasteiger partial charge is 0.251 e. The Balaban J connectivity index is 2.31. The molecule has 1 aromatic carbocycles. The molecule has 1 nitrogen and oxygen atoms in total. The van der Waals surface area contributed by atoms with Gasteiger partial charge in [-0.05, 0) is 24.6 Å². The fraction of sp³-hybridized carbons (Fsp3) is 0.500. The van der Waals surface area contributed by atoms with Gasteiger partial charge in [0.2, 0.25) is 0 Å². The molecule has 4 heteroatoms. The highest BCUT2D eigenvalue weighted by Gasteiger charge is 2.43. The number of alkyl halides is 2. The van der Waals surface area contributed by atoms with Gasteiger partial charge in [-0.15, -0.1) is 0 Å². The maximum atomic E-state index is 13.4. The first-order valence-electron chi connectivity index (χ1n) is 5.30. The summed E-state index contributed by atoms with van der Waals surface area (Å²) in [7, 11) is 0. The molecule has 1 aromatic rings. The highest BCUT2D eigenvalue weighted by molar-refractivity contribution is 5.25. The number of hydrogen-bond donors (Lipinski definition) is 1. The van der Waals surface area contributed by atoms with E-state index in [0.717, 1.165) is 0 Å². The van der Waals surface area contributed by atoms with Crippen molar-refractivity contribution in [3.8, 4) is 0 Å². The Morgan fingerprint density at radius 1 is 1.31 bits per heavy atom. The van der Waals surface area contributed by atoms with E-state index in [1.807, 2.05) is 0 Å². The van der Waals surface area contributed by atoms with Crippen LogP contribution < -0.4 is 5.32 Å².